The predicted octanol–water partition coefficient (Wildman–Crippen LogP) is 1.70. The first-order valence-corrected chi connectivity index (χ1v) is 17.7. The molecule has 2 bridgehead atoms. The molecular formula is C18H20FN9O7P2S3. The zero-order valence-corrected chi connectivity index (χ0v) is 24.3. The van der Waals surface area contributed by atoms with E-state index in [1.807, 2.05) is 0 Å². The number of halogens is 1. The van der Waals surface area contributed by atoms with Gasteiger partial charge < -0.3 is 24.2 Å². The number of rotatable bonds is 1. The van der Waals surface area contributed by atoms with Crippen LogP contribution in [0.15, 0.2) is 23.6 Å². The molecule has 0 amide bonds. The van der Waals surface area contributed by atoms with Crippen LogP contribution < -0.4 is 11.3 Å². The van der Waals surface area contributed by atoms with Crippen LogP contribution in [0.1, 0.15) is 11.2 Å². The number of hydrogen-bond acceptors (Lipinski definition) is 14. The number of anilines is 1. The molecule has 0 aliphatic carbocycles. The average Bonchev–Trinajstić information content (AvgIpc) is 3.55. The second-order valence-electron chi connectivity index (χ2n) is 8.61. The van der Waals surface area contributed by atoms with Gasteiger partial charge in [0.25, 0.3) is 5.56 Å². The normalized spacial score (nSPS) is 32.1. The smallest absolute Gasteiger partial charge is 0.369 e. The number of alkyl halides is 1. The second kappa shape index (κ2) is 10.7. The van der Waals surface area contributed by atoms with Gasteiger partial charge in [-0.05, 0) is 11.8 Å². The van der Waals surface area contributed by atoms with Crippen molar-refractivity contribution in [3.05, 3.63) is 35.0 Å². The summed E-state index contributed by atoms with van der Waals surface area (Å²) in [6, 6.07) is 0. The molecule has 2 aliphatic heterocycles. The summed E-state index contributed by atoms with van der Waals surface area (Å²) in [6.07, 6.45) is 0.798. The van der Waals surface area contributed by atoms with E-state index in [2.05, 4.69) is 42.2 Å². The van der Waals surface area contributed by atoms with Gasteiger partial charge in [0.15, 0.2) is 16.8 Å². The molecule has 40 heavy (non-hydrogen) atoms. The van der Waals surface area contributed by atoms with Gasteiger partial charge in [-0.2, -0.15) is 4.98 Å². The molecule has 6 atom stereocenters. The molecule has 0 spiro atoms. The Morgan fingerprint density at radius 2 is 2.10 bits per heavy atom. The number of H-pyrrole nitrogens is 1. The van der Waals surface area contributed by atoms with Crippen LogP contribution in [0.3, 0.4) is 0 Å². The maximum absolute atomic E-state index is 15.9. The fourth-order valence-electron chi connectivity index (χ4n) is 4.34. The fourth-order valence-corrected chi connectivity index (χ4v) is 8.50. The molecule has 0 radical (unpaired) electrons. The first-order chi connectivity index (χ1) is 19.0. The monoisotopic (exact) mass is 651 g/mol. The van der Waals surface area contributed by atoms with Crippen molar-refractivity contribution in [1.29, 1.82) is 0 Å². The largest absolute Gasteiger partial charge is 0.387 e. The summed E-state index contributed by atoms with van der Waals surface area (Å²) in [4.78, 5) is 46.0. The Kier molecular flexibility index (Phi) is 7.52. The fraction of sp³-hybridized carbons (Fsp3) is 0.444. The molecule has 1 fully saturated rings. The summed E-state index contributed by atoms with van der Waals surface area (Å²) in [5.41, 5.74) is 5.97. The maximum Gasteiger partial charge on any atom is 0.387 e. The third-order valence-electron chi connectivity index (χ3n) is 6.06. The zero-order chi connectivity index (χ0) is 28.2. The van der Waals surface area contributed by atoms with Gasteiger partial charge in [-0.1, -0.05) is 12.2 Å². The summed E-state index contributed by atoms with van der Waals surface area (Å²) in [7, 11) is 0. The number of nitrogens with two attached hydrogens (primary N) is 1. The molecule has 4 aromatic rings. The van der Waals surface area contributed by atoms with Gasteiger partial charge in [-0.25, -0.2) is 28.9 Å². The Labute approximate surface area is 238 Å². The lowest BCUT2D eigenvalue weighted by Gasteiger charge is -2.24. The Morgan fingerprint density at radius 1 is 1.27 bits per heavy atom. The first-order valence-electron chi connectivity index (χ1n) is 11.5. The molecule has 22 heteroatoms. The number of imidazole rings is 2. The van der Waals surface area contributed by atoms with Crippen molar-refractivity contribution >= 4 is 77.6 Å². The van der Waals surface area contributed by atoms with Gasteiger partial charge >= 0.3 is 13.5 Å². The minimum absolute atomic E-state index is 0.0441. The highest BCUT2D eigenvalue weighted by molar-refractivity contribution is 8.44. The van der Waals surface area contributed by atoms with Crippen LogP contribution >= 0.6 is 37.5 Å². The van der Waals surface area contributed by atoms with Gasteiger partial charge in [-0.15, -0.1) is 11.8 Å². The van der Waals surface area contributed by atoms with Crippen LogP contribution in [0, 0.1) is 0 Å². The number of aromatic nitrogens is 8. The van der Waals surface area contributed by atoms with E-state index >= 15 is 4.39 Å². The second-order valence-corrected chi connectivity index (χ2v) is 15.7. The van der Waals surface area contributed by atoms with Crippen molar-refractivity contribution < 1.29 is 31.9 Å². The number of hydrogen-bond donors (Lipinski definition) is 4. The number of thioether (sulfide) groups is 1. The molecule has 0 aromatic carbocycles. The average molecular weight is 652 g/mol. The van der Waals surface area contributed by atoms with Crippen LogP contribution in [0.2, 0.25) is 0 Å². The van der Waals surface area contributed by atoms with Crippen molar-refractivity contribution in [1.82, 2.24) is 39.0 Å². The van der Waals surface area contributed by atoms with E-state index in [4.69, 9.17) is 35.6 Å². The van der Waals surface area contributed by atoms with Gasteiger partial charge in [0.05, 0.1) is 31.0 Å². The zero-order valence-electron chi connectivity index (χ0n) is 20.0. The Hall–Kier alpha value is -1.99. The lowest BCUT2D eigenvalue weighted by molar-refractivity contribution is 0.0690. The molecule has 4 N–H and O–H groups in total. The van der Waals surface area contributed by atoms with E-state index in [0.717, 1.165) is 11.8 Å². The predicted molar refractivity (Wildman–Crippen MR) is 148 cm³/mol. The Balaban J connectivity index is 1.38. The van der Waals surface area contributed by atoms with E-state index in [9.17, 15) is 14.3 Å². The van der Waals surface area contributed by atoms with Gasteiger partial charge in [0, 0.05) is 6.54 Å². The van der Waals surface area contributed by atoms with E-state index in [0.29, 0.717) is 11.2 Å². The van der Waals surface area contributed by atoms with Crippen LogP contribution in [-0.2, 0) is 47.6 Å². The molecule has 1 saturated heterocycles. The Bertz CT molecular complexity index is 1750. The molecule has 6 rings (SSSR count). The van der Waals surface area contributed by atoms with Gasteiger partial charge in [-0.3, -0.25) is 23.4 Å². The van der Waals surface area contributed by atoms with E-state index in [1.54, 1.807) is 4.57 Å². The number of thiol groups is 1. The molecule has 6 heterocycles. The van der Waals surface area contributed by atoms with Crippen molar-refractivity contribution in [2.75, 3.05) is 18.9 Å². The number of aromatic amines is 1. The molecule has 2 aliphatic rings. The quantitative estimate of drug-likeness (QED) is 0.171. The molecule has 0 saturated carbocycles. The lowest BCUT2D eigenvalue weighted by Crippen LogP contribution is -2.31. The highest BCUT2D eigenvalue weighted by Gasteiger charge is 2.50. The van der Waals surface area contributed by atoms with Gasteiger partial charge in [0.2, 0.25) is 5.95 Å². The molecule has 4 aromatic heterocycles. The van der Waals surface area contributed by atoms with Crippen molar-refractivity contribution in [3.8, 4) is 0 Å². The molecule has 214 valence electrons. The molecular weight excluding hydrogens is 631 g/mol. The number of nitrogen functional groups attached to an aromatic ring is 1. The summed E-state index contributed by atoms with van der Waals surface area (Å²) < 4.78 is 54.4. The van der Waals surface area contributed by atoms with Crippen molar-refractivity contribution in [3.63, 3.8) is 0 Å². The summed E-state index contributed by atoms with van der Waals surface area (Å²) in [5, 5.41) is -1.95. The summed E-state index contributed by atoms with van der Waals surface area (Å²) in [6.45, 7) is -8.72. The maximum atomic E-state index is 15.9. The Morgan fingerprint density at radius 3 is 2.92 bits per heavy atom. The van der Waals surface area contributed by atoms with Crippen molar-refractivity contribution in [2.45, 2.75) is 36.1 Å². The first kappa shape index (κ1) is 28.1. The number of nitrogens with one attached hydrogen (secondary N) is 1. The topological polar surface area (TPSA) is 207 Å². The molecule has 2 unspecified atom stereocenters. The standard InChI is InChI=1S/C18H20FN9O7P2S3/c19-11-9-4-33-36(30,38)32-2-1-27-10(24-8-3-21-6-22-14(8)27)5-34-37(31,39)35-13(11)17(40-9)28-7-23-12-15(28)25-18(20)26-16(12)29/h3,6-7,9,11,13,17H,1-2,4-5H2,(H,30,38)(H,31,39)(H3,20,25,26,29)/t9-,11-,13-,17-,36?,37?/m1/s1. The SMILES string of the molecule is Nc1nc2c(ncn2[C@@H]2S[C@@H]3COP(O)(=S)OCCn4c(nc5cncnc54)COP(=O)(S)O[C@@H]2[C@@H]3F)c(=O)[nH]1. The van der Waals surface area contributed by atoms with Crippen LogP contribution in [-0.4, -0.2) is 74.7 Å². The highest BCUT2D eigenvalue weighted by atomic mass is 32.7. The van der Waals surface area contributed by atoms with E-state index in [1.165, 1.54) is 23.4 Å². The third-order valence-corrected chi connectivity index (χ3v) is 10.8. The summed E-state index contributed by atoms with van der Waals surface area (Å²) in [5.74, 6) is 0.0882. The van der Waals surface area contributed by atoms with Crippen LogP contribution in [0.5, 0.6) is 0 Å². The minimum Gasteiger partial charge on any atom is -0.369 e. The van der Waals surface area contributed by atoms with Gasteiger partial charge in [0.1, 0.15) is 41.9 Å². The van der Waals surface area contributed by atoms with Crippen LogP contribution in [0.25, 0.3) is 22.3 Å². The van der Waals surface area contributed by atoms with Crippen LogP contribution in [0.4, 0.5) is 10.3 Å². The number of nitrogens with zero attached hydrogens (tertiary/aromatic N) is 7. The third kappa shape index (κ3) is 5.45. The highest BCUT2D eigenvalue weighted by Crippen LogP contribution is 2.60. The lowest BCUT2D eigenvalue weighted by atomic mass is 10.1. The number of fused-ring (bicyclic) bond motifs is 6. The molecule has 16 nitrogen and oxygen atoms in total. The van der Waals surface area contributed by atoms with E-state index < -0.39 is 42.0 Å². The summed E-state index contributed by atoms with van der Waals surface area (Å²) >= 11 is 10.2. The minimum atomic E-state index is -4.23. The van der Waals surface area contributed by atoms with E-state index in [-0.39, 0.29) is 49.3 Å². The van der Waals surface area contributed by atoms with Crippen molar-refractivity contribution in [2.24, 2.45) is 0 Å².